The van der Waals surface area contributed by atoms with Gasteiger partial charge in [0.15, 0.2) is 0 Å². The van der Waals surface area contributed by atoms with Gasteiger partial charge in [0.25, 0.3) is 0 Å². The fourth-order valence-electron chi connectivity index (χ4n) is 1.93. The first kappa shape index (κ1) is 51.1. The summed E-state index contributed by atoms with van der Waals surface area (Å²) in [6.45, 7) is 15.9. The maximum Gasteiger partial charge on any atom is 0.104 e. The molecule has 0 bridgehead atoms. The molecule has 0 saturated heterocycles. The van der Waals surface area contributed by atoms with Gasteiger partial charge >= 0.3 is 0 Å². The van der Waals surface area contributed by atoms with Crippen LogP contribution in [0.2, 0.25) is 0 Å². The van der Waals surface area contributed by atoms with E-state index in [4.69, 9.17) is 68.0 Å². The van der Waals surface area contributed by atoms with Crippen LogP contribution in [0.4, 0.5) is 0 Å². The van der Waals surface area contributed by atoms with Crippen molar-refractivity contribution in [2.75, 3.05) is 105 Å². The van der Waals surface area contributed by atoms with Crippen LogP contribution < -0.4 is 0 Å². The summed E-state index contributed by atoms with van der Waals surface area (Å²) in [4.78, 5) is 0. The second kappa shape index (κ2) is 44.4. The van der Waals surface area contributed by atoms with Gasteiger partial charge in [0, 0.05) is 45.6 Å². The Morgan fingerprint density at radius 1 is 0.579 bits per heavy atom. The van der Waals surface area contributed by atoms with E-state index in [-0.39, 0.29) is 28.4 Å². The molecule has 10 heteroatoms. The Hall–Kier alpha value is 0.330. The monoisotopic (exact) mass is 616 g/mol. The Bertz CT molecular complexity index is 397. The molecule has 4 unspecified atom stereocenters. The third-order valence-electron chi connectivity index (χ3n) is 4.03. The molecule has 0 aromatic carbocycles. The van der Waals surface area contributed by atoms with Gasteiger partial charge in [-0.15, -0.1) is 41.4 Å². The summed E-state index contributed by atoms with van der Waals surface area (Å²) in [5, 5.41) is 0. The summed E-state index contributed by atoms with van der Waals surface area (Å²) in [6, 6.07) is 0. The van der Waals surface area contributed by atoms with Crippen LogP contribution >= 0.6 is 34.8 Å². The van der Waals surface area contributed by atoms with E-state index in [0.717, 1.165) is 13.2 Å². The largest absolute Gasteiger partial charge is 0.384 e. The number of halogens is 3. The molecule has 0 radical (unpaired) electrons. The highest BCUT2D eigenvalue weighted by molar-refractivity contribution is 6.18. The van der Waals surface area contributed by atoms with Crippen molar-refractivity contribution in [2.45, 2.75) is 49.2 Å². The highest BCUT2D eigenvalue weighted by Crippen LogP contribution is 1.99. The van der Waals surface area contributed by atoms with Crippen molar-refractivity contribution in [3.63, 3.8) is 0 Å². The highest BCUT2D eigenvalue weighted by Gasteiger charge is 2.07. The normalized spacial score (nSPS) is 13.0. The van der Waals surface area contributed by atoms with Gasteiger partial charge in [0.2, 0.25) is 0 Å². The van der Waals surface area contributed by atoms with Crippen molar-refractivity contribution in [1.82, 2.24) is 0 Å². The van der Waals surface area contributed by atoms with Crippen LogP contribution in [-0.2, 0) is 33.2 Å². The van der Waals surface area contributed by atoms with Crippen LogP contribution in [0.1, 0.15) is 43.1 Å². The van der Waals surface area contributed by atoms with Crippen LogP contribution in [0.3, 0.4) is 0 Å². The standard InChI is InChI=1S/C13H25ClO4.C7H15ClO2.C5H11ClO.3CH4/c1-4-5-16-10-13(15-3)11-18-7-6-17-9-12(2)8-14;1-7(5-8)6-10-4-3-9-2;1-5(3-6)4-7-2;;;/h4,12-13H,1,5-11H2,2-3H3;7H,3-6H2,1-2H3;5H,3-4H2,1-2H3;3*1H4. The van der Waals surface area contributed by atoms with Gasteiger partial charge in [-0.3, -0.25) is 0 Å². The van der Waals surface area contributed by atoms with E-state index in [0.29, 0.717) is 88.2 Å². The number of ether oxygens (including phenoxy) is 7. The molecule has 0 aliphatic rings. The molecule has 38 heavy (non-hydrogen) atoms. The van der Waals surface area contributed by atoms with Crippen LogP contribution in [0, 0.1) is 17.8 Å². The van der Waals surface area contributed by atoms with E-state index in [1.54, 1.807) is 27.4 Å². The first-order chi connectivity index (χ1) is 16.9. The zero-order valence-electron chi connectivity index (χ0n) is 22.8. The first-order valence-corrected chi connectivity index (χ1v) is 13.6. The van der Waals surface area contributed by atoms with Gasteiger partial charge < -0.3 is 33.2 Å². The zero-order chi connectivity index (χ0) is 27.2. The predicted molar refractivity (Wildman–Crippen MR) is 168 cm³/mol. The molecule has 0 aromatic heterocycles. The molecule has 0 aromatic rings. The number of methoxy groups -OCH3 is 3. The fraction of sp³-hybridized carbons (Fsp3) is 0.929. The second-order valence-electron chi connectivity index (χ2n) is 8.14. The molecule has 0 N–H and O–H groups in total. The van der Waals surface area contributed by atoms with Crippen molar-refractivity contribution in [1.29, 1.82) is 0 Å². The smallest absolute Gasteiger partial charge is 0.104 e. The average Bonchev–Trinajstić information content (AvgIpc) is 2.88. The van der Waals surface area contributed by atoms with Crippen molar-refractivity contribution >= 4 is 34.8 Å². The maximum absolute atomic E-state index is 5.66. The van der Waals surface area contributed by atoms with E-state index >= 15 is 0 Å². The molecule has 238 valence electrons. The number of rotatable bonds is 22. The molecule has 0 heterocycles. The Balaban J connectivity index is -0.000000109. The fourth-order valence-corrected chi connectivity index (χ4v) is 2.20. The van der Waals surface area contributed by atoms with E-state index in [1.165, 1.54) is 0 Å². The summed E-state index contributed by atoms with van der Waals surface area (Å²) in [5.41, 5.74) is 0. The minimum Gasteiger partial charge on any atom is -0.384 e. The van der Waals surface area contributed by atoms with Gasteiger partial charge in [-0.25, -0.2) is 0 Å². The number of hydrogen-bond donors (Lipinski definition) is 0. The molecule has 0 fully saturated rings. The van der Waals surface area contributed by atoms with Gasteiger partial charge in [-0.1, -0.05) is 49.1 Å². The lowest BCUT2D eigenvalue weighted by molar-refractivity contribution is -0.0476. The first-order valence-electron chi connectivity index (χ1n) is 12.0. The number of hydrogen-bond acceptors (Lipinski definition) is 7. The lowest BCUT2D eigenvalue weighted by atomic mass is 10.2. The Labute approximate surface area is 252 Å². The van der Waals surface area contributed by atoms with E-state index in [2.05, 4.69) is 20.4 Å². The van der Waals surface area contributed by atoms with Crippen LogP contribution in [0.25, 0.3) is 0 Å². The minimum absolute atomic E-state index is 0. The minimum atomic E-state index is -0.0493. The lowest BCUT2D eigenvalue weighted by Crippen LogP contribution is -2.25. The lowest BCUT2D eigenvalue weighted by Gasteiger charge is -2.15. The SMILES string of the molecule is C.C.C.C=CCOCC(COCCOCC(C)CCl)OC.COCC(C)CCl.COCCOCC(C)CCl. The summed E-state index contributed by atoms with van der Waals surface area (Å²) in [7, 11) is 4.99. The average molecular weight is 618 g/mol. The number of alkyl halides is 3. The molecular formula is C28H63Cl3O7. The highest BCUT2D eigenvalue weighted by atomic mass is 35.5. The third kappa shape index (κ3) is 46.2. The molecule has 0 saturated carbocycles. The van der Waals surface area contributed by atoms with Crippen molar-refractivity contribution < 1.29 is 33.2 Å². The predicted octanol–water partition coefficient (Wildman–Crippen LogP) is 7.05. The van der Waals surface area contributed by atoms with Crippen molar-refractivity contribution in [3.05, 3.63) is 12.7 Å². The molecule has 0 rings (SSSR count). The zero-order valence-corrected chi connectivity index (χ0v) is 25.0. The molecule has 0 aliphatic carbocycles. The molecule has 7 nitrogen and oxygen atoms in total. The Morgan fingerprint density at radius 3 is 1.32 bits per heavy atom. The molecular weight excluding hydrogens is 555 g/mol. The molecule has 4 atom stereocenters. The summed E-state index contributed by atoms with van der Waals surface area (Å²) >= 11 is 16.7. The Kier molecular flexibility index (Phi) is 59.6. The van der Waals surface area contributed by atoms with Crippen LogP contribution in [0.5, 0.6) is 0 Å². The van der Waals surface area contributed by atoms with Gasteiger partial charge in [-0.2, -0.15) is 0 Å². The van der Waals surface area contributed by atoms with Gasteiger partial charge in [0.05, 0.1) is 59.5 Å². The van der Waals surface area contributed by atoms with Crippen molar-refractivity contribution in [2.24, 2.45) is 17.8 Å². The van der Waals surface area contributed by atoms with E-state index in [9.17, 15) is 0 Å². The molecule has 0 spiro atoms. The Morgan fingerprint density at radius 2 is 0.974 bits per heavy atom. The van der Waals surface area contributed by atoms with Crippen LogP contribution in [0.15, 0.2) is 12.7 Å². The van der Waals surface area contributed by atoms with E-state index < -0.39 is 0 Å². The summed E-state index contributed by atoms with van der Waals surface area (Å²) in [6.07, 6.45) is 1.66. The van der Waals surface area contributed by atoms with Crippen molar-refractivity contribution in [3.8, 4) is 0 Å². The van der Waals surface area contributed by atoms with Gasteiger partial charge in [-0.05, 0) is 17.8 Å². The molecule has 0 aliphatic heterocycles. The van der Waals surface area contributed by atoms with E-state index in [1.807, 2.05) is 6.92 Å². The third-order valence-corrected chi connectivity index (χ3v) is 5.61. The molecule has 0 amide bonds. The maximum atomic E-state index is 5.66. The second-order valence-corrected chi connectivity index (χ2v) is 9.06. The van der Waals surface area contributed by atoms with Gasteiger partial charge in [0.1, 0.15) is 6.10 Å². The summed E-state index contributed by atoms with van der Waals surface area (Å²) < 4.78 is 36.2. The summed E-state index contributed by atoms with van der Waals surface area (Å²) in [5.74, 6) is 3.28. The van der Waals surface area contributed by atoms with Crippen LogP contribution in [-0.4, -0.2) is 111 Å². The quantitative estimate of drug-likeness (QED) is 0.0733. The topological polar surface area (TPSA) is 64.6 Å².